The zero-order valence-corrected chi connectivity index (χ0v) is 24.6. The topological polar surface area (TPSA) is 107 Å². The molecule has 12 heteroatoms. The zero-order chi connectivity index (χ0) is 29.3. The van der Waals surface area contributed by atoms with Crippen LogP contribution in [0.3, 0.4) is 0 Å². The molecular weight excluding hydrogens is 622 g/mol. The maximum Gasteiger partial charge on any atom is 0.255 e. The van der Waals surface area contributed by atoms with Gasteiger partial charge in [-0.15, -0.1) is 0 Å². The Bertz CT molecular complexity index is 1720. The van der Waals surface area contributed by atoms with Gasteiger partial charge in [-0.3, -0.25) is 9.52 Å². The molecule has 4 aromatic rings. The molecule has 0 bridgehead atoms. The molecule has 5 rings (SSSR count). The van der Waals surface area contributed by atoms with Crippen molar-refractivity contribution in [3.63, 3.8) is 0 Å². The number of methoxy groups -OCH3 is 1. The van der Waals surface area contributed by atoms with Crippen LogP contribution in [0.2, 0.25) is 0 Å². The summed E-state index contributed by atoms with van der Waals surface area (Å²) in [5.41, 5.74) is 2.80. The lowest BCUT2D eigenvalue weighted by Gasteiger charge is -2.14. The summed E-state index contributed by atoms with van der Waals surface area (Å²) in [5.74, 6) is -1.57. The van der Waals surface area contributed by atoms with Gasteiger partial charge >= 0.3 is 0 Å². The fraction of sp³-hybridized carbons (Fsp3) is 0.276. The molecule has 1 fully saturated rings. The number of amides is 1. The smallest absolute Gasteiger partial charge is 0.255 e. The number of furan rings is 1. The van der Waals surface area contributed by atoms with Gasteiger partial charge in [-0.2, -0.15) is 0 Å². The van der Waals surface area contributed by atoms with Gasteiger partial charge in [-0.1, -0.05) is 6.07 Å². The Kier molecular flexibility index (Phi) is 8.46. The molecule has 8 nitrogen and oxygen atoms in total. The van der Waals surface area contributed by atoms with Crippen LogP contribution in [0.5, 0.6) is 0 Å². The van der Waals surface area contributed by atoms with E-state index in [4.69, 9.17) is 13.9 Å². The first-order valence-electron chi connectivity index (χ1n) is 12.7. The summed E-state index contributed by atoms with van der Waals surface area (Å²) in [7, 11) is -1.04. The van der Waals surface area contributed by atoms with Crippen molar-refractivity contribution in [3.8, 4) is 11.3 Å². The highest BCUT2D eigenvalue weighted by Gasteiger charge is 2.31. The molecule has 0 saturated heterocycles. The minimum absolute atomic E-state index is 0.00183. The quantitative estimate of drug-likeness (QED) is 0.143. The largest absolute Gasteiger partial charge is 0.455 e. The number of sulfonamides is 1. The molecule has 3 aromatic carbocycles. The maximum absolute atomic E-state index is 14.6. The molecule has 41 heavy (non-hydrogen) atoms. The number of hydrogen-bond acceptors (Lipinski definition) is 6. The summed E-state index contributed by atoms with van der Waals surface area (Å²) >= 11 is 3.18. The molecular formula is C29H27BrF2N2O6S. The van der Waals surface area contributed by atoms with Gasteiger partial charge in [0.25, 0.3) is 5.91 Å². The molecule has 1 amide bonds. The summed E-state index contributed by atoms with van der Waals surface area (Å²) in [5, 5.41) is 3.14. The number of rotatable bonds is 11. The molecule has 0 aliphatic heterocycles. The number of halogens is 3. The Morgan fingerprint density at radius 2 is 1.85 bits per heavy atom. The van der Waals surface area contributed by atoms with Crippen LogP contribution in [0, 0.1) is 11.6 Å². The molecule has 1 aliphatic carbocycles. The number of ether oxygens (including phenoxy) is 2. The van der Waals surface area contributed by atoms with Crippen LogP contribution in [0.1, 0.15) is 45.8 Å². The molecule has 0 radical (unpaired) electrons. The first kappa shape index (κ1) is 29.2. The van der Waals surface area contributed by atoms with Crippen LogP contribution in [-0.4, -0.2) is 35.3 Å². The Balaban J connectivity index is 1.52. The van der Waals surface area contributed by atoms with Gasteiger partial charge in [0.1, 0.15) is 29.8 Å². The zero-order valence-electron chi connectivity index (χ0n) is 22.2. The van der Waals surface area contributed by atoms with Gasteiger partial charge in [-0.25, -0.2) is 17.2 Å². The molecule has 1 aromatic heterocycles. The van der Waals surface area contributed by atoms with E-state index in [1.54, 1.807) is 18.2 Å². The van der Waals surface area contributed by atoms with Crippen LogP contribution in [0.15, 0.2) is 57.4 Å². The number of carbonyl (C=O) groups is 1. The van der Waals surface area contributed by atoms with Gasteiger partial charge in [0.05, 0.1) is 28.1 Å². The second-order valence-electron chi connectivity index (χ2n) is 9.77. The van der Waals surface area contributed by atoms with Gasteiger partial charge in [0.2, 0.25) is 10.0 Å². The lowest BCUT2D eigenvalue weighted by molar-refractivity contribution is -0.0393. The lowest BCUT2D eigenvalue weighted by Crippen LogP contribution is -2.18. The second-order valence-corrected chi connectivity index (χ2v) is 12.3. The Hall–Kier alpha value is -3.32. The SMILES string of the molecule is CNC(=O)c1c(-c2ccc(F)cc2)oc2cc(NS(=O)(=O)Cc3cc(F)c(Br)c(COCOC)c3)c(C3CC3)cc12. The minimum atomic E-state index is -4.00. The lowest BCUT2D eigenvalue weighted by atomic mass is 10.0. The monoisotopic (exact) mass is 648 g/mol. The normalized spacial score (nSPS) is 13.5. The van der Waals surface area contributed by atoms with E-state index < -0.39 is 27.4 Å². The van der Waals surface area contributed by atoms with E-state index in [-0.39, 0.29) is 52.2 Å². The molecule has 1 aliphatic rings. The van der Waals surface area contributed by atoms with E-state index in [1.807, 2.05) is 0 Å². The number of fused-ring (bicyclic) bond motifs is 1. The predicted octanol–water partition coefficient (Wildman–Crippen LogP) is 6.44. The number of anilines is 1. The third-order valence-corrected chi connectivity index (χ3v) is 8.81. The van der Waals surface area contributed by atoms with Crippen LogP contribution in [0.25, 0.3) is 22.3 Å². The molecule has 2 N–H and O–H groups in total. The minimum Gasteiger partial charge on any atom is -0.455 e. The highest BCUT2D eigenvalue weighted by atomic mass is 79.9. The standard InChI is InChI=1S/C29H27BrF2N2O6S/c1-33-29(35)26-22-11-21(17-3-4-17)24(12-25(22)40-28(26)18-5-7-20(31)8-6-18)34-41(36,37)14-16-9-19(13-39-15-38-2)27(30)23(32)10-16/h5-12,17,34H,3-4,13-15H2,1-2H3,(H,33,35). The summed E-state index contributed by atoms with van der Waals surface area (Å²) in [6.45, 7) is 0.0273. The fourth-order valence-electron chi connectivity index (χ4n) is 4.69. The van der Waals surface area contributed by atoms with Crippen molar-refractivity contribution in [2.24, 2.45) is 0 Å². The number of carbonyl (C=O) groups excluding carboxylic acids is 1. The average Bonchev–Trinajstić information content (AvgIpc) is 3.71. The summed E-state index contributed by atoms with van der Waals surface area (Å²) in [4.78, 5) is 12.9. The fourth-order valence-corrected chi connectivity index (χ4v) is 6.22. The second kappa shape index (κ2) is 11.9. The number of nitrogens with one attached hydrogen (secondary N) is 2. The number of benzene rings is 3. The summed E-state index contributed by atoms with van der Waals surface area (Å²) < 4.78 is 73.9. The molecule has 0 unspecified atom stereocenters. The maximum atomic E-state index is 14.6. The van der Waals surface area contributed by atoms with Crippen LogP contribution < -0.4 is 10.0 Å². The third-order valence-electron chi connectivity index (χ3n) is 6.68. The van der Waals surface area contributed by atoms with Crippen molar-refractivity contribution in [3.05, 3.63) is 86.9 Å². The Labute approximate surface area is 244 Å². The van der Waals surface area contributed by atoms with E-state index in [1.165, 1.54) is 38.4 Å². The first-order chi connectivity index (χ1) is 19.6. The molecule has 0 atom stereocenters. The average molecular weight is 650 g/mol. The summed E-state index contributed by atoms with van der Waals surface area (Å²) in [6.07, 6.45) is 1.72. The van der Waals surface area contributed by atoms with E-state index in [0.717, 1.165) is 24.5 Å². The van der Waals surface area contributed by atoms with Crippen LogP contribution in [0.4, 0.5) is 14.5 Å². The van der Waals surface area contributed by atoms with Gasteiger partial charge < -0.3 is 19.2 Å². The predicted molar refractivity (Wildman–Crippen MR) is 154 cm³/mol. The van der Waals surface area contributed by atoms with Crippen molar-refractivity contribution in [1.29, 1.82) is 0 Å². The Morgan fingerprint density at radius 1 is 1.12 bits per heavy atom. The molecule has 1 saturated carbocycles. The van der Waals surface area contributed by atoms with E-state index >= 15 is 0 Å². The van der Waals surface area contributed by atoms with Crippen molar-refractivity contribution in [1.82, 2.24) is 5.32 Å². The highest BCUT2D eigenvalue weighted by Crippen LogP contribution is 2.47. The summed E-state index contributed by atoms with van der Waals surface area (Å²) in [6, 6.07) is 11.6. The van der Waals surface area contributed by atoms with E-state index in [2.05, 4.69) is 26.0 Å². The van der Waals surface area contributed by atoms with Crippen LogP contribution in [-0.2, 0) is 31.9 Å². The van der Waals surface area contributed by atoms with Crippen molar-refractivity contribution < 1.29 is 35.9 Å². The van der Waals surface area contributed by atoms with Crippen LogP contribution >= 0.6 is 15.9 Å². The van der Waals surface area contributed by atoms with Gasteiger partial charge in [0.15, 0.2) is 0 Å². The van der Waals surface area contributed by atoms with Gasteiger partial charge in [0, 0.05) is 31.2 Å². The van der Waals surface area contributed by atoms with Crippen molar-refractivity contribution in [2.45, 2.75) is 31.1 Å². The van der Waals surface area contributed by atoms with E-state index in [9.17, 15) is 22.0 Å². The highest BCUT2D eigenvalue weighted by molar-refractivity contribution is 9.10. The molecule has 216 valence electrons. The molecule has 0 spiro atoms. The van der Waals surface area contributed by atoms with Crippen molar-refractivity contribution in [2.75, 3.05) is 25.7 Å². The van der Waals surface area contributed by atoms with E-state index in [0.29, 0.717) is 22.2 Å². The Morgan fingerprint density at radius 3 is 2.51 bits per heavy atom. The number of hydrogen-bond donors (Lipinski definition) is 2. The third kappa shape index (κ3) is 6.45. The molecule has 1 heterocycles. The van der Waals surface area contributed by atoms with Crippen molar-refractivity contribution >= 4 is 48.5 Å². The van der Waals surface area contributed by atoms with Gasteiger partial charge in [-0.05, 0) is 87.8 Å². The first-order valence-corrected chi connectivity index (χ1v) is 15.2.